The second-order valence-corrected chi connectivity index (χ2v) is 4.77. The minimum atomic E-state index is -0.770. The minimum absolute atomic E-state index is 0.132. The monoisotopic (exact) mass is 260 g/mol. The van der Waals surface area contributed by atoms with Gasteiger partial charge in [0.2, 0.25) is 0 Å². The summed E-state index contributed by atoms with van der Waals surface area (Å²) in [6, 6.07) is 7.93. The summed E-state index contributed by atoms with van der Waals surface area (Å²) >= 11 is 0. The second kappa shape index (κ2) is 5.87. The fourth-order valence-electron chi connectivity index (χ4n) is 2.50. The van der Waals surface area contributed by atoms with Gasteiger partial charge in [-0.3, -0.25) is 4.79 Å². The molecule has 19 heavy (non-hydrogen) atoms. The molecule has 1 heterocycles. The number of nitrogens with zero attached hydrogens (tertiary/aromatic N) is 2. The number of aryl methyl sites for hydroxylation is 1. The van der Waals surface area contributed by atoms with Gasteiger partial charge >= 0.3 is 5.97 Å². The standard InChI is InChI=1S/C15H20N2O2/c1-3-11(4-2)15-16-12-7-5-6-8-13(12)17(15)10-9-14(18)19/h5-8,11H,3-4,9-10H2,1-2H3,(H,18,19). The predicted octanol–water partition coefficient (Wildman–Crippen LogP) is 3.41. The average molecular weight is 260 g/mol. The molecule has 0 aliphatic heterocycles. The van der Waals surface area contributed by atoms with E-state index in [0.29, 0.717) is 12.5 Å². The molecule has 0 radical (unpaired) electrons. The van der Waals surface area contributed by atoms with E-state index in [1.165, 1.54) is 0 Å². The molecule has 102 valence electrons. The summed E-state index contributed by atoms with van der Waals surface area (Å²) in [6.07, 6.45) is 2.17. The first-order chi connectivity index (χ1) is 9.17. The van der Waals surface area contributed by atoms with Crippen molar-refractivity contribution in [2.45, 2.75) is 45.6 Å². The van der Waals surface area contributed by atoms with E-state index in [0.717, 1.165) is 29.7 Å². The number of rotatable bonds is 6. The van der Waals surface area contributed by atoms with Gasteiger partial charge in [0.15, 0.2) is 0 Å². The van der Waals surface area contributed by atoms with Gasteiger partial charge in [-0.1, -0.05) is 26.0 Å². The molecule has 0 saturated carbocycles. The number of fused-ring (bicyclic) bond motifs is 1. The molecule has 4 heteroatoms. The van der Waals surface area contributed by atoms with Gasteiger partial charge in [0, 0.05) is 12.5 Å². The first-order valence-electron chi connectivity index (χ1n) is 6.84. The molecule has 1 aromatic heterocycles. The Morgan fingerprint density at radius 3 is 2.63 bits per heavy atom. The number of para-hydroxylation sites is 2. The molecule has 0 atom stereocenters. The number of carboxylic acid groups (broad SMARTS) is 1. The zero-order valence-electron chi connectivity index (χ0n) is 11.5. The molecular weight excluding hydrogens is 240 g/mol. The van der Waals surface area contributed by atoms with E-state index in [9.17, 15) is 4.79 Å². The Bertz CT molecular complexity index is 571. The molecule has 0 aliphatic rings. The molecule has 0 bridgehead atoms. The molecule has 2 rings (SSSR count). The van der Waals surface area contributed by atoms with Crippen LogP contribution >= 0.6 is 0 Å². The Hall–Kier alpha value is -1.84. The summed E-state index contributed by atoms with van der Waals surface area (Å²) in [5, 5.41) is 8.89. The molecule has 1 aromatic carbocycles. The fraction of sp³-hybridized carbons (Fsp3) is 0.467. The van der Waals surface area contributed by atoms with Crippen molar-refractivity contribution >= 4 is 17.0 Å². The first-order valence-corrected chi connectivity index (χ1v) is 6.84. The summed E-state index contributed by atoms with van der Waals surface area (Å²) in [6.45, 7) is 4.78. The van der Waals surface area contributed by atoms with E-state index in [-0.39, 0.29) is 6.42 Å². The van der Waals surface area contributed by atoms with Crippen molar-refractivity contribution in [2.75, 3.05) is 0 Å². The Balaban J connectivity index is 2.48. The number of hydrogen-bond donors (Lipinski definition) is 1. The largest absolute Gasteiger partial charge is 0.481 e. The highest BCUT2D eigenvalue weighted by Gasteiger charge is 2.17. The third-order valence-corrected chi connectivity index (χ3v) is 3.58. The Morgan fingerprint density at radius 1 is 1.32 bits per heavy atom. The van der Waals surface area contributed by atoms with Crippen molar-refractivity contribution in [2.24, 2.45) is 0 Å². The van der Waals surface area contributed by atoms with E-state index in [1.54, 1.807) is 0 Å². The Labute approximate surface area is 113 Å². The third-order valence-electron chi connectivity index (χ3n) is 3.58. The van der Waals surface area contributed by atoms with Gasteiger partial charge in [-0.05, 0) is 25.0 Å². The van der Waals surface area contributed by atoms with Crippen molar-refractivity contribution < 1.29 is 9.90 Å². The van der Waals surface area contributed by atoms with Crippen LogP contribution in [0, 0.1) is 0 Å². The lowest BCUT2D eigenvalue weighted by Gasteiger charge is -2.14. The smallest absolute Gasteiger partial charge is 0.305 e. The van der Waals surface area contributed by atoms with Crippen molar-refractivity contribution in [3.63, 3.8) is 0 Å². The van der Waals surface area contributed by atoms with Crippen molar-refractivity contribution in [3.05, 3.63) is 30.1 Å². The van der Waals surface area contributed by atoms with Crippen LogP contribution in [-0.2, 0) is 11.3 Å². The zero-order chi connectivity index (χ0) is 13.8. The lowest BCUT2D eigenvalue weighted by Crippen LogP contribution is -2.11. The average Bonchev–Trinajstić information content (AvgIpc) is 2.76. The van der Waals surface area contributed by atoms with Gasteiger partial charge in [0.1, 0.15) is 5.82 Å². The highest BCUT2D eigenvalue weighted by atomic mass is 16.4. The highest BCUT2D eigenvalue weighted by Crippen LogP contribution is 2.26. The van der Waals surface area contributed by atoms with E-state index in [1.807, 2.05) is 24.3 Å². The minimum Gasteiger partial charge on any atom is -0.481 e. The molecule has 1 N–H and O–H groups in total. The predicted molar refractivity (Wildman–Crippen MR) is 75.3 cm³/mol. The van der Waals surface area contributed by atoms with Crippen molar-refractivity contribution in [1.82, 2.24) is 9.55 Å². The van der Waals surface area contributed by atoms with Crippen molar-refractivity contribution in [3.8, 4) is 0 Å². The first kappa shape index (κ1) is 13.6. The number of benzene rings is 1. The van der Waals surface area contributed by atoms with Gasteiger partial charge in [-0.25, -0.2) is 4.98 Å². The molecule has 0 unspecified atom stereocenters. The van der Waals surface area contributed by atoms with E-state index in [2.05, 4.69) is 18.4 Å². The number of aliphatic carboxylic acids is 1. The van der Waals surface area contributed by atoms with Gasteiger partial charge in [-0.2, -0.15) is 0 Å². The fourth-order valence-corrected chi connectivity index (χ4v) is 2.50. The van der Waals surface area contributed by atoms with Gasteiger partial charge in [0.05, 0.1) is 17.5 Å². The molecule has 4 nitrogen and oxygen atoms in total. The maximum atomic E-state index is 10.8. The quantitative estimate of drug-likeness (QED) is 0.865. The maximum Gasteiger partial charge on any atom is 0.305 e. The Morgan fingerprint density at radius 2 is 2.00 bits per heavy atom. The summed E-state index contributed by atoms with van der Waals surface area (Å²) in [4.78, 5) is 15.5. The molecular formula is C15H20N2O2. The highest BCUT2D eigenvalue weighted by molar-refractivity contribution is 5.76. The number of carbonyl (C=O) groups is 1. The molecule has 0 aliphatic carbocycles. The van der Waals surface area contributed by atoms with E-state index >= 15 is 0 Å². The normalized spacial score (nSPS) is 11.3. The molecule has 0 saturated heterocycles. The van der Waals surface area contributed by atoms with Crippen molar-refractivity contribution in [1.29, 1.82) is 0 Å². The number of imidazole rings is 1. The SMILES string of the molecule is CCC(CC)c1nc2ccccc2n1CCC(=O)O. The number of carboxylic acids is 1. The molecule has 2 aromatic rings. The Kier molecular flexibility index (Phi) is 4.20. The van der Waals surface area contributed by atoms with Gasteiger partial charge < -0.3 is 9.67 Å². The molecule has 0 spiro atoms. The van der Waals surface area contributed by atoms with Crippen LogP contribution in [0.1, 0.15) is 44.9 Å². The van der Waals surface area contributed by atoms with Gasteiger partial charge in [0.25, 0.3) is 0 Å². The van der Waals surface area contributed by atoms with Crippen LogP contribution in [0.4, 0.5) is 0 Å². The topological polar surface area (TPSA) is 55.1 Å². The lowest BCUT2D eigenvalue weighted by atomic mass is 10.0. The van der Waals surface area contributed by atoms with Crippen LogP contribution in [0.3, 0.4) is 0 Å². The summed E-state index contributed by atoms with van der Waals surface area (Å²) in [5.41, 5.74) is 1.99. The second-order valence-electron chi connectivity index (χ2n) is 4.77. The number of hydrogen-bond acceptors (Lipinski definition) is 2. The van der Waals surface area contributed by atoms with Crippen LogP contribution in [0.25, 0.3) is 11.0 Å². The number of aromatic nitrogens is 2. The van der Waals surface area contributed by atoms with Crippen LogP contribution in [0.15, 0.2) is 24.3 Å². The van der Waals surface area contributed by atoms with Crippen LogP contribution in [0.2, 0.25) is 0 Å². The summed E-state index contributed by atoms with van der Waals surface area (Å²) in [5.74, 6) is 0.641. The summed E-state index contributed by atoms with van der Waals surface area (Å²) in [7, 11) is 0. The van der Waals surface area contributed by atoms with E-state index < -0.39 is 5.97 Å². The third kappa shape index (κ3) is 2.78. The van der Waals surface area contributed by atoms with E-state index in [4.69, 9.17) is 10.1 Å². The molecule has 0 amide bonds. The molecule has 0 fully saturated rings. The van der Waals surface area contributed by atoms with Crippen LogP contribution in [-0.4, -0.2) is 20.6 Å². The van der Waals surface area contributed by atoms with Gasteiger partial charge in [-0.15, -0.1) is 0 Å². The zero-order valence-corrected chi connectivity index (χ0v) is 11.5. The summed E-state index contributed by atoms with van der Waals surface area (Å²) < 4.78 is 2.07. The lowest BCUT2D eigenvalue weighted by molar-refractivity contribution is -0.137. The maximum absolute atomic E-state index is 10.8. The van der Waals surface area contributed by atoms with Crippen LogP contribution < -0.4 is 0 Å². The van der Waals surface area contributed by atoms with Crippen LogP contribution in [0.5, 0.6) is 0 Å².